The highest BCUT2D eigenvalue weighted by atomic mass is 35.5. The summed E-state index contributed by atoms with van der Waals surface area (Å²) in [6.45, 7) is 0. The Labute approximate surface area is 96.6 Å². The summed E-state index contributed by atoms with van der Waals surface area (Å²) in [5, 5.41) is 0.0707. The van der Waals surface area contributed by atoms with Gasteiger partial charge in [-0.2, -0.15) is 0 Å². The molecule has 16 heavy (non-hydrogen) atoms. The first-order valence-electron chi connectivity index (χ1n) is 4.67. The summed E-state index contributed by atoms with van der Waals surface area (Å²) in [4.78, 5) is 11.7. The van der Waals surface area contributed by atoms with Gasteiger partial charge in [-0.1, -0.05) is 12.1 Å². The summed E-state index contributed by atoms with van der Waals surface area (Å²) in [6.07, 6.45) is 1.46. The van der Waals surface area contributed by atoms with Crippen molar-refractivity contribution in [2.45, 2.75) is 6.42 Å². The van der Waals surface area contributed by atoms with Gasteiger partial charge in [0.05, 0.1) is 11.8 Å². The van der Waals surface area contributed by atoms with E-state index in [4.69, 9.17) is 16.0 Å². The molecule has 4 heteroatoms. The van der Waals surface area contributed by atoms with Crippen molar-refractivity contribution in [1.29, 1.82) is 0 Å². The standard InChI is InChI=1S/C12H8ClFO2/c13-12-10(4-5-16-12)11(15)7-8-2-1-3-9(14)6-8/h1-6H,7H2. The van der Waals surface area contributed by atoms with E-state index in [9.17, 15) is 9.18 Å². The van der Waals surface area contributed by atoms with Crippen LogP contribution >= 0.6 is 11.6 Å². The third-order valence-electron chi connectivity index (χ3n) is 2.17. The minimum Gasteiger partial charge on any atom is -0.452 e. The van der Waals surface area contributed by atoms with E-state index in [-0.39, 0.29) is 23.2 Å². The molecule has 0 unspecified atom stereocenters. The molecule has 1 heterocycles. The highest BCUT2D eigenvalue weighted by molar-refractivity contribution is 6.32. The fourth-order valence-corrected chi connectivity index (χ4v) is 1.64. The lowest BCUT2D eigenvalue weighted by Crippen LogP contribution is -2.02. The van der Waals surface area contributed by atoms with Crippen molar-refractivity contribution >= 4 is 17.4 Å². The third-order valence-corrected chi connectivity index (χ3v) is 2.46. The van der Waals surface area contributed by atoms with Crippen LogP contribution in [0.5, 0.6) is 0 Å². The highest BCUT2D eigenvalue weighted by Gasteiger charge is 2.13. The van der Waals surface area contributed by atoms with Crippen LogP contribution in [0.25, 0.3) is 0 Å². The lowest BCUT2D eigenvalue weighted by Gasteiger charge is -1.99. The first-order valence-corrected chi connectivity index (χ1v) is 5.05. The maximum absolute atomic E-state index is 12.9. The Kier molecular flexibility index (Phi) is 3.06. The van der Waals surface area contributed by atoms with Crippen LogP contribution in [0, 0.1) is 5.82 Å². The first kappa shape index (κ1) is 10.9. The molecule has 1 aromatic heterocycles. The largest absolute Gasteiger partial charge is 0.452 e. The van der Waals surface area contributed by atoms with Crippen LogP contribution < -0.4 is 0 Å². The number of carbonyl (C=O) groups is 1. The van der Waals surface area contributed by atoms with Crippen molar-refractivity contribution in [2.75, 3.05) is 0 Å². The smallest absolute Gasteiger partial charge is 0.203 e. The Balaban J connectivity index is 2.17. The van der Waals surface area contributed by atoms with Crippen molar-refractivity contribution in [3.8, 4) is 0 Å². The molecule has 0 atom stereocenters. The molecule has 1 aromatic carbocycles. The molecule has 0 amide bonds. The molecule has 0 saturated carbocycles. The quantitative estimate of drug-likeness (QED) is 0.766. The number of furan rings is 1. The number of ketones is 1. The van der Waals surface area contributed by atoms with Gasteiger partial charge in [-0.25, -0.2) is 4.39 Å². The number of Topliss-reactive ketones (excluding diaryl/α,β-unsaturated/α-hetero) is 1. The molecule has 0 aliphatic rings. The van der Waals surface area contributed by atoms with Crippen LogP contribution in [0.3, 0.4) is 0 Å². The first-order chi connectivity index (χ1) is 7.66. The van der Waals surface area contributed by atoms with Crippen molar-refractivity contribution in [2.24, 2.45) is 0 Å². The Bertz CT molecular complexity index is 519. The van der Waals surface area contributed by atoms with Gasteiger partial charge < -0.3 is 4.42 Å². The van der Waals surface area contributed by atoms with E-state index < -0.39 is 0 Å². The normalized spacial score (nSPS) is 10.4. The maximum atomic E-state index is 12.9. The summed E-state index contributed by atoms with van der Waals surface area (Å²) in [6, 6.07) is 7.42. The molecular formula is C12H8ClFO2. The number of carbonyl (C=O) groups excluding carboxylic acids is 1. The van der Waals surface area contributed by atoms with E-state index in [1.165, 1.54) is 24.5 Å². The van der Waals surface area contributed by atoms with Gasteiger partial charge in [0.2, 0.25) is 5.22 Å². The number of hydrogen-bond acceptors (Lipinski definition) is 2. The van der Waals surface area contributed by atoms with Gasteiger partial charge in [0.1, 0.15) is 5.82 Å². The van der Waals surface area contributed by atoms with Gasteiger partial charge in [-0.05, 0) is 35.4 Å². The van der Waals surface area contributed by atoms with Gasteiger partial charge >= 0.3 is 0 Å². The van der Waals surface area contributed by atoms with Gasteiger partial charge in [0.25, 0.3) is 0 Å². The molecule has 0 saturated heterocycles. The average molecular weight is 239 g/mol. The molecular weight excluding hydrogens is 231 g/mol. The number of halogens is 2. The monoisotopic (exact) mass is 238 g/mol. The number of rotatable bonds is 3. The molecule has 0 N–H and O–H groups in total. The third kappa shape index (κ3) is 2.31. The summed E-state index contributed by atoms with van der Waals surface area (Å²) in [5.41, 5.74) is 0.938. The van der Waals surface area contributed by atoms with Gasteiger partial charge in [0, 0.05) is 6.42 Å². The van der Waals surface area contributed by atoms with Crippen molar-refractivity contribution in [1.82, 2.24) is 0 Å². The maximum Gasteiger partial charge on any atom is 0.203 e. The van der Waals surface area contributed by atoms with Crippen LogP contribution in [0.2, 0.25) is 5.22 Å². The predicted octanol–water partition coefficient (Wildman–Crippen LogP) is 3.50. The zero-order valence-corrected chi connectivity index (χ0v) is 9.00. The zero-order valence-electron chi connectivity index (χ0n) is 8.24. The molecule has 0 fully saturated rings. The number of hydrogen-bond donors (Lipinski definition) is 0. The average Bonchev–Trinajstić information content (AvgIpc) is 2.64. The lowest BCUT2D eigenvalue weighted by atomic mass is 10.1. The number of benzene rings is 1. The van der Waals surface area contributed by atoms with Crippen LogP contribution in [0.4, 0.5) is 4.39 Å². The van der Waals surface area contributed by atoms with E-state index in [0.717, 1.165) is 0 Å². The van der Waals surface area contributed by atoms with E-state index in [2.05, 4.69) is 0 Å². The Morgan fingerprint density at radius 3 is 2.81 bits per heavy atom. The molecule has 0 bridgehead atoms. The summed E-state index contributed by atoms with van der Waals surface area (Å²) < 4.78 is 17.7. The van der Waals surface area contributed by atoms with Crippen LogP contribution in [0.15, 0.2) is 41.0 Å². The van der Waals surface area contributed by atoms with Crippen LogP contribution in [-0.4, -0.2) is 5.78 Å². The molecule has 82 valence electrons. The molecule has 0 aliphatic heterocycles. The second kappa shape index (κ2) is 4.49. The molecule has 0 aliphatic carbocycles. The van der Waals surface area contributed by atoms with Crippen LogP contribution in [-0.2, 0) is 6.42 Å². The van der Waals surface area contributed by atoms with Gasteiger partial charge in [-0.3, -0.25) is 4.79 Å². The zero-order chi connectivity index (χ0) is 11.5. The topological polar surface area (TPSA) is 30.2 Å². The van der Waals surface area contributed by atoms with E-state index in [1.807, 2.05) is 0 Å². The molecule has 2 nitrogen and oxygen atoms in total. The minimum absolute atomic E-state index is 0.0707. The summed E-state index contributed by atoms with van der Waals surface area (Å²) >= 11 is 5.67. The summed E-state index contributed by atoms with van der Waals surface area (Å²) in [7, 11) is 0. The second-order valence-electron chi connectivity index (χ2n) is 3.34. The lowest BCUT2D eigenvalue weighted by molar-refractivity contribution is 0.0992. The molecule has 0 radical (unpaired) electrons. The van der Waals surface area contributed by atoms with E-state index in [0.29, 0.717) is 11.1 Å². The van der Waals surface area contributed by atoms with Gasteiger partial charge in [-0.15, -0.1) is 0 Å². The second-order valence-corrected chi connectivity index (χ2v) is 3.68. The fraction of sp³-hybridized carbons (Fsp3) is 0.0833. The molecule has 2 rings (SSSR count). The van der Waals surface area contributed by atoms with E-state index in [1.54, 1.807) is 12.1 Å². The fourth-order valence-electron chi connectivity index (χ4n) is 1.42. The van der Waals surface area contributed by atoms with Crippen molar-refractivity contribution in [3.63, 3.8) is 0 Å². The summed E-state index contributed by atoms with van der Waals surface area (Å²) in [5.74, 6) is -0.548. The predicted molar refractivity (Wildman–Crippen MR) is 58.2 cm³/mol. The van der Waals surface area contributed by atoms with Crippen molar-refractivity contribution in [3.05, 3.63) is 58.8 Å². The van der Waals surface area contributed by atoms with E-state index >= 15 is 0 Å². The SMILES string of the molecule is O=C(Cc1cccc(F)c1)c1ccoc1Cl. The Hall–Kier alpha value is -1.61. The highest BCUT2D eigenvalue weighted by Crippen LogP contribution is 2.19. The van der Waals surface area contributed by atoms with Crippen molar-refractivity contribution < 1.29 is 13.6 Å². The Morgan fingerprint density at radius 2 is 2.19 bits per heavy atom. The molecule has 0 spiro atoms. The minimum atomic E-state index is -0.358. The van der Waals surface area contributed by atoms with Crippen LogP contribution in [0.1, 0.15) is 15.9 Å². The van der Waals surface area contributed by atoms with Gasteiger partial charge in [0.15, 0.2) is 5.78 Å². The Morgan fingerprint density at radius 1 is 1.38 bits per heavy atom. The molecule has 2 aromatic rings.